The predicted octanol–water partition coefficient (Wildman–Crippen LogP) is 0.951. The SMILES string of the molecule is C#CC(C)NC(=O)NC(C)CCCC(=O)O. The Morgan fingerprint density at radius 3 is 2.50 bits per heavy atom. The molecule has 16 heavy (non-hydrogen) atoms. The van der Waals surface area contributed by atoms with Gasteiger partial charge in [-0.1, -0.05) is 5.92 Å². The van der Waals surface area contributed by atoms with Crippen molar-refractivity contribution >= 4 is 12.0 Å². The number of amides is 2. The highest BCUT2D eigenvalue weighted by atomic mass is 16.4. The number of hydrogen-bond acceptors (Lipinski definition) is 2. The van der Waals surface area contributed by atoms with Crippen molar-refractivity contribution in [3.63, 3.8) is 0 Å². The number of hydrogen-bond donors (Lipinski definition) is 3. The molecule has 0 aliphatic carbocycles. The molecule has 0 aromatic rings. The van der Waals surface area contributed by atoms with Crippen LogP contribution in [-0.4, -0.2) is 29.2 Å². The van der Waals surface area contributed by atoms with E-state index in [0.29, 0.717) is 12.8 Å². The molecule has 0 rings (SSSR count). The normalized spacial score (nSPS) is 13.3. The van der Waals surface area contributed by atoms with E-state index in [1.807, 2.05) is 6.92 Å². The van der Waals surface area contributed by atoms with Crippen molar-refractivity contribution in [1.82, 2.24) is 10.6 Å². The standard InChI is InChI=1S/C11H18N2O3/c1-4-8(2)12-11(16)13-9(3)6-5-7-10(14)15/h1,8-9H,5-7H2,2-3H3,(H,14,15)(H2,12,13,16). The number of carboxylic acid groups (broad SMARTS) is 1. The first kappa shape index (κ1) is 14.3. The van der Waals surface area contributed by atoms with Crippen LogP contribution in [-0.2, 0) is 4.79 Å². The van der Waals surface area contributed by atoms with Gasteiger partial charge in [-0.3, -0.25) is 4.79 Å². The number of terminal acetylenes is 1. The maximum atomic E-state index is 11.3. The van der Waals surface area contributed by atoms with Crippen LogP contribution in [0.5, 0.6) is 0 Å². The zero-order valence-corrected chi connectivity index (χ0v) is 9.62. The third-order valence-electron chi connectivity index (χ3n) is 2.00. The first-order valence-electron chi connectivity index (χ1n) is 5.20. The molecule has 0 saturated carbocycles. The number of aliphatic carboxylic acids is 1. The largest absolute Gasteiger partial charge is 0.481 e. The highest BCUT2D eigenvalue weighted by Gasteiger charge is 2.09. The molecule has 5 nitrogen and oxygen atoms in total. The van der Waals surface area contributed by atoms with Gasteiger partial charge in [0.05, 0.1) is 6.04 Å². The van der Waals surface area contributed by atoms with Gasteiger partial charge in [-0.05, 0) is 26.7 Å². The van der Waals surface area contributed by atoms with Crippen molar-refractivity contribution in [2.24, 2.45) is 0 Å². The Bertz CT molecular complexity index is 283. The molecule has 0 aliphatic heterocycles. The second-order valence-electron chi connectivity index (χ2n) is 3.69. The number of carbonyl (C=O) groups excluding carboxylic acids is 1. The number of urea groups is 1. The molecule has 0 fully saturated rings. The fourth-order valence-corrected chi connectivity index (χ4v) is 1.14. The van der Waals surface area contributed by atoms with Gasteiger partial charge in [-0.2, -0.15) is 0 Å². The van der Waals surface area contributed by atoms with Gasteiger partial charge >= 0.3 is 12.0 Å². The third-order valence-corrected chi connectivity index (χ3v) is 2.00. The fourth-order valence-electron chi connectivity index (χ4n) is 1.14. The second kappa shape index (κ2) is 7.57. The summed E-state index contributed by atoms with van der Waals surface area (Å²) in [6.07, 6.45) is 6.40. The van der Waals surface area contributed by atoms with Gasteiger partial charge in [0.25, 0.3) is 0 Å². The molecule has 90 valence electrons. The first-order valence-corrected chi connectivity index (χ1v) is 5.20. The van der Waals surface area contributed by atoms with Gasteiger partial charge in [-0.25, -0.2) is 4.79 Å². The van der Waals surface area contributed by atoms with Crippen LogP contribution in [0, 0.1) is 12.3 Å². The Kier molecular flexibility index (Phi) is 6.77. The van der Waals surface area contributed by atoms with E-state index in [9.17, 15) is 9.59 Å². The lowest BCUT2D eigenvalue weighted by atomic mass is 10.1. The molecule has 0 heterocycles. The van der Waals surface area contributed by atoms with E-state index in [1.165, 1.54) is 0 Å². The van der Waals surface area contributed by atoms with Crippen molar-refractivity contribution < 1.29 is 14.7 Å². The van der Waals surface area contributed by atoms with E-state index in [0.717, 1.165) is 0 Å². The van der Waals surface area contributed by atoms with Crippen LogP contribution < -0.4 is 10.6 Å². The molecule has 0 aromatic carbocycles. The van der Waals surface area contributed by atoms with Crippen LogP contribution >= 0.6 is 0 Å². The van der Waals surface area contributed by atoms with Gasteiger partial charge in [0, 0.05) is 12.5 Å². The topological polar surface area (TPSA) is 78.4 Å². The number of carboxylic acids is 1. The zero-order chi connectivity index (χ0) is 12.6. The quantitative estimate of drug-likeness (QED) is 0.590. The van der Waals surface area contributed by atoms with E-state index in [1.54, 1.807) is 6.92 Å². The van der Waals surface area contributed by atoms with Crippen molar-refractivity contribution in [2.75, 3.05) is 0 Å². The summed E-state index contributed by atoms with van der Waals surface area (Å²) < 4.78 is 0. The highest BCUT2D eigenvalue weighted by Crippen LogP contribution is 2.00. The summed E-state index contributed by atoms with van der Waals surface area (Å²) in [7, 11) is 0. The summed E-state index contributed by atoms with van der Waals surface area (Å²) in [6.45, 7) is 3.52. The van der Waals surface area contributed by atoms with Gasteiger partial charge in [0.2, 0.25) is 0 Å². The second-order valence-corrected chi connectivity index (χ2v) is 3.69. The predicted molar refractivity (Wildman–Crippen MR) is 60.9 cm³/mol. The van der Waals surface area contributed by atoms with Gasteiger partial charge in [-0.15, -0.1) is 6.42 Å². The lowest BCUT2D eigenvalue weighted by Crippen LogP contribution is -2.44. The number of carbonyl (C=O) groups is 2. The molecule has 5 heteroatoms. The van der Waals surface area contributed by atoms with Gasteiger partial charge in [0.1, 0.15) is 0 Å². The van der Waals surface area contributed by atoms with E-state index < -0.39 is 5.97 Å². The molecular weight excluding hydrogens is 208 g/mol. The smallest absolute Gasteiger partial charge is 0.315 e. The summed E-state index contributed by atoms with van der Waals surface area (Å²) >= 11 is 0. The molecule has 2 atom stereocenters. The highest BCUT2D eigenvalue weighted by molar-refractivity contribution is 5.74. The summed E-state index contributed by atoms with van der Waals surface area (Å²) in [5, 5.41) is 13.7. The molecule has 0 aliphatic rings. The lowest BCUT2D eigenvalue weighted by molar-refractivity contribution is -0.137. The average molecular weight is 226 g/mol. The van der Waals surface area contributed by atoms with E-state index in [2.05, 4.69) is 16.6 Å². The maximum absolute atomic E-state index is 11.3. The van der Waals surface area contributed by atoms with E-state index in [-0.39, 0.29) is 24.5 Å². The van der Waals surface area contributed by atoms with Crippen molar-refractivity contribution in [3.05, 3.63) is 0 Å². The minimum atomic E-state index is -0.822. The molecular formula is C11H18N2O3. The Morgan fingerprint density at radius 1 is 1.38 bits per heavy atom. The maximum Gasteiger partial charge on any atom is 0.315 e. The molecule has 0 radical (unpaired) electrons. The summed E-state index contributed by atoms with van der Waals surface area (Å²) in [5.41, 5.74) is 0. The molecule has 2 amide bonds. The number of nitrogens with one attached hydrogen (secondary N) is 2. The summed E-state index contributed by atoms with van der Waals surface area (Å²) in [5.74, 6) is 1.56. The monoisotopic (exact) mass is 226 g/mol. The lowest BCUT2D eigenvalue weighted by Gasteiger charge is -2.15. The Labute approximate surface area is 95.6 Å². The Balaban J connectivity index is 3.70. The molecule has 0 aromatic heterocycles. The van der Waals surface area contributed by atoms with E-state index in [4.69, 9.17) is 11.5 Å². The molecule has 0 spiro atoms. The zero-order valence-electron chi connectivity index (χ0n) is 9.62. The third kappa shape index (κ3) is 7.68. The van der Waals surface area contributed by atoms with Crippen LogP contribution in [0.1, 0.15) is 33.1 Å². The average Bonchev–Trinajstić information content (AvgIpc) is 2.16. The van der Waals surface area contributed by atoms with Crippen LogP contribution in [0.3, 0.4) is 0 Å². The van der Waals surface area contributed by atoms with Crippen molar-refractivity contribution in [3.8, 4) is 12.3 Å². The molecule has 3 N–H and O–H groups in total. The van der Waals surface area contributed by atoms with E-state index >= 15 is 0 Å². The summed E-state index contributed by atoms with van der Waals surface area (Å²) in [6, 6.07) is -0.705. The van der Waals surface area contributed by atoms with Crippen LogP contribution in [0.2, 0.25) is 0 Å². The van der Waals surface area contributed by atoms with Gasteiger partial charge < -0.3 is 15.7 Å². The molecule has 2 unspecified atom stereocenters. The van der Waals surface area contributed by atoms with Crippen LogP contribution in [0.4, 0.5) is 4.79 Å². The Morgan fingerprint density at radius 2 is 2.00 bits per heavy atom. The number of rotatable bonds is 6. The van der Waals surface area contributed by atoms with Crippen LogP contribution in [0.15, 0.2) is 0 Å². The molecule has 0 saturated heterocycles. The fraction of sp³-hybridized carbons (Fsp3) is 0.636. The molecule has 0 bridgehead atoms. The van der Waals surface area contributed by atoms with Gasteiger partial charge in [0.15, 0.2) is 0 Å². The minimum absolute atomic E-state index is 0.0654. The summed E-state index contributed by atoms with van der Waals surface area (Å²) in [4.78, 5) is 21.6. The van der Waals surface area contributed by atoms with Crippen LogP contribution in [0.25, 0.3) is 0 Å². The van der Waals surface area contributed by atoms with Crippen molar-refractivity contribution in [2.45, 2.75) is 45.2 Å². The first-order chi connectivity index (χ1) is 7.45. The Hall–Kier alpha value is -1.70. The van der Waals surface area contributed by atoms with Crippen molar-refractivity contribution in [1.29, 1.82) is 0 Å². The minimum Gasteiger partial charge on any atom is -0.481 e.